The van der Waals surface area contributed by atoms with Crippen molar-refractivity contribution in [1.82, 2.24) is 0 Å². The molecule has 9 heteroatoms. The smallest absolute Gasteiger partial charge is 0.333 e. The number of hydrogen-bond donors (Lipinski definition) is 1. The summed E-state index contributed by atoms with van der Waals surface area (Å²) < 4.78 is 34.1. The highest BCUT2D eigenvalue weighted by molar-refractivity contribution is 5.89. The van der Waals surface area contributed by atoms with E-state index in [-0.39, 0.29) is 42.4 Å². The number of carbonyl (C=O) groups excluding carboxylic acids is 1. The molecule has 38 heavy (non-hydrogen) atoms. The number of hydrogen-bond acceptors (Lipinski definition) is 8. The number of carboxylic acid groups (broad SMARTS) is 1. The molecule has 0 radical (unpaired) electrons. The lowest BCUT2D eigenvalue weighted by atomic mass is 9.79. The van der Waals surface area contributed by atoms with Gasteiger partial charge in [-0.25, -0.2) is 9.59 Å². The third-order valence-corrected chi connectivity index (χ3v) is 7.93. The second-order valence-corrected chi connectivity index (χ2v) is 10.8. The molecule has 0 spiro atoms. The van der Waals surface area contributed by atoms with Crippen molar-refractivity contribution in [2.75, 3.05) is 39.6 Å². The van der Waals surface area contributed by atoms with Crippen LogP contribution in [-0.4, -0.2) is 87.2 Å². The van der Waals surface area contributed by atoms with E-state index >= 15 is 0 Å². The third-order valence-electron chi connectivity index (χ3n) is 7.93. The molecule has 5 unspecified atom stereocenters. The number of carboxylic acids is 1. The highest BCUT2D eigenvalue weighted by atomic mass is 16.6. The molecule has 0 aromatic rings. The normalized spacial score (nSPS) is 31.4. The number of ether oxygens (including phenoxy) is 6. The largest absolute Gasteiger partial charge is 0.478 e. The molecule has 5 atom stereocenters. The summed E-state index contributed by atoms with van der Waals surface area (Å²) in [5.74, 6) is -1.42. The standard InChI is InChI=1S/C20H30O6.C9H14O3/c21-20(22)19(17(13-5-1-9-23-13)14-6-2-10-24-14)18(15-7-3-11-25-15)16-8-4-12-26-16;1-7(2)9(10)12-6-8-4-3-5-11-8/h13-17H,1-12H2,(H,21,22);8H,1,3-6H2,2H3. The Bertz CT molecular complexity index is 789. The van der Waals surface area contributed by atoms with E-state index in [4.69, 9.17) is 28.4 Å². The Morgan fingerprint density at radius 3 is 1.68 bits per heavy atom. The van der Waals surface area contributed by atoms with Gasteiger partial charge in [0.2, 0.25) is 0 Å². The first-order valence-corrected chi connectivity index (χ1v) is 14.3. The van der Waals surface area contributed by atoms with Crippen molar-refractivity contribution < 1.29 is 43.1 Å². The van der Waals surface area contributed by atoms with Crippen molar-refractivity contribution in [3.05, 3.63) is 23.3 Å². The van der Waals surface area contributed by atoms with Gasteiger partial charge in [-0.1, -0.05) is 6.58 Å². The van der Waals surface area contributed by atoms with Crippen LogP contribution in [0.3, 0.4) is 0 Å². The second-order valence-electron chi connectivity index (χ2n) is 10.8. The molecule has 5 rings (SSSR count). The molecule has 5 heterocycles. The SMILES string of the molecule is C=C(C)C(=O)OCC1CCCO1.O=C(O)C(=C(C1CCCO1)C1CCCO1)C(C1CCCO1)C1CCCO1. The zero-order valence-corrected chi connectivity index (χ0v) is 22.7. The van der Waals surface area contributed by atoms with Crippen LogP contribution in [0.15, 0.2) is 23.3 Å². The van der Waals surface area contributed by atoms with Crippen molar-refractivity contribution in [1.29, 1.82) is 0 Å². The summed E-state index contributed by atoms with van der Waals surface area (Å²) in [4.78, 5) is 23.5. The molecule has 0 amide bonds. The third kappa shape index (κ3) is 7.66. The van der Waals surface area contributed by atoms with Gasteiger partial charge in [0.25, 0.3) is 0 Å². The summed E-state index contributed by atoms with van der Waals surface area (Å²) in [6.45, 7) is 9.07. The van der Waals surface area contributed by atoms with Crippen LogP contribution in [0.25, 0.3) is 0 Å². The lowest BCUT2D eigenvalue weighted by Gasteiger charge is -2.33. The minimum absolute atomic E-state index is 0.0815. The first-order valence-electron chi connectivity index (χ1n) is 14.3. The van der Waals surface area contributed by atoms with Crippen LogP contribution in [-0.2, 0) is 38.0 Å². The van der Waals surface area contributed by atoms with Crippen LogP contribution in [0.5, 0.6) is 0 Å². The van der Waals surface area contributed by atoms with Crippen LogP contribution < -0.4 is 0 Å². The molecule has 5 saturated heterocycles. The van der Waals surface area contributed by atoms with Gasteiger partial charge in [0.05, 0.1) is 30.5 Å². The predicted octanol–water partition coefficient (Wildman–Crippen LogP) is 3.98. The average molecular weight is 537 g/mol. The van der Waals surface area contributed by atoms with Crippen LogP contribution in [0.1, 0.15) is 71.1 Å². The van der Waals surface area contributed by atoms with Gasteiger partial charge >= 0.3 is 11.9 Å². The highest BCUT2D eigenvalue weighted by Crippen LogP contribution is 2.40. The van der Waals surface area contributed by atoms with Gasteiger partial charge in [-0.15, -0.1) is 0 Å². The molecule has 0 aromatic carbocycles. The van der Waals surface area contributed by atoms with E-state index < -0.39 is 5.97 Å². The summed E-state index contributed by atoms with van der Waals surface area (Å²) in [6.07, 6.45) is 9.14. The number of aliphatic carboxylic acids is 1. The minimum Gasteiger partial charge on any atom is -0.478 e. The zero-order chi connectivity index (χ0) is 26.9. The van der Waals surface area contributed by atoms with Crippen molar-refractivity contribution >= 4 is 11.9 Å². The van der Waals surface area contributed by atoms with Crippen LogP contribution >= 0.6 is 0 Å². The van der Waals surface area contributed by atoms with E-state index in [2.05, 4.69) is 6.58 Å². The summed E-state index contributed by atoms with van der Waals surface area (Å²) in [5, 5.41) is 10.3. The Hall–Kier alpha value is -1.78. The summed E-state index contributed by atoms with van der Waals surface area (Å²) in [6, 6.07) is 0. The monoisotopic (exact) mass is 536 g/mol. The highest BCUT2D eigenvalue weighted by Gasteiger charge is 2.44. The average Bonchev–Trinajstić information content (AvgIpc) is 3.75. The lowest BCUT2D eigenvalue weighted by Crippen LogP contribution is -2.39. The van der Waals surface area contributed by atoms with E-state index in [1.807, 2.05) is 0 Å². The number of esters is 1. The molecular formula is C29H44O9. The van der Waals surface area contributed by atoms with Crippen molar-refractivity contribution in [2.45, 2.75) is 102 Å². The van der Waals surface area contributed by atoms with Gasteiger partial charge in [-0.05, 0) is 76.7 Å². The van der Waals surface area contributed by atoms with E-state index in [0.717, 1.165) is 76.4 Å². The van der Waals surface area contributed by atoms with E-state index in [0.29, 0.717) is 44.2 Å². The van der Waals surface area contributed by atoms with Crippen LogP contribution in [0, 0.1) is 5.92 Å². The Morgan fingerprint density at radius 1 is 0.789 bits per heavy atom. The van der Waals surface area contributed by atoms with Crippen molar-refractivity contribution in [3.63, 3.8) is 0 Å². The molecule has 5 fully saturated rings. The topological polar surface area (TPSA) is 110 Å². The first-order chi connectivity index (χ1) is 18.5. The Kier molecular flexibility index (Phi) is 11.2. The van der Waals surface area contributed by atoms with Gasteiger partial charge < -0.3 is 33.5 Å². The molecular weight excluding hydrogens is 492 g/mol. The molecule has 5 aliphatic heterocycles. The molecule has 5 aliphatic rings. The predicted molar refractivity (Wildman–Crippen MR) is 139 cm³/mol. The Balaban J connectivity index is 0.000000236. The molecule has 0 bridgehead atoms. The molecule has 0 saturated carbocycles. The number of rotatable bonds is 9. The quantitative estimate of drug-likeness (QED) is 0.346. The van der Waals surface area contributed by atoms with Gasteiger partial charge in [0.15, 0.2) is 0 Å². The molecule has 0 aliphatic carbocycles. The first kappa shape index (κ1) is 29.2. The van der Waals surface area contributed by atoms with Gasteiger partial charge in [0, 0.05) is 50.1 Å². The van der Waals surface area contributed by atoms with Crippen LogP contribution in [0.2, 0.25) is 0 Å². The number of carbonyl (C=O) groups is 2. The van der Waals surface area contributed by atoms with Crippen LogP contribution in [0.4, 0.5) is 0 Å². The van der Waals surface area contributed by atoms with Crippen molar-refractivity contribution in [2.24, 2.45) is 5.92 Å². The minimum atomic E-state index is -0.859. The fourth-order valence-electron chi connectivity index (χ4n) is 6.11. The van der Waals surface area contributed by atoms with Gasteiger partial charge in [-0.3, -0.25) is 0 Å². The Morgan fingerprint density at radius 2 is 1.29 bits per heavy atom. The second kappa shape index (κ2) is 14.6. The van der Waals surface area contributed by atoms with Gasteiger partial charge in [-0.2, -0.15) is 0 Å². The molecule has 214 valence electrons. The molecule has 0 aromatic heterocycles. The fourth-order valence-corrected chi connectivity index (χ4v) is 6.11. The molecule has 9 nitrogen and oxygen atoms in total. The fraction of sp³-hybridized carbons (Fsp3) is 0.793. The van der Waals surface area contributed by atoms with E-state index in [1.54, 1.807) is 6.92 Å². The summed E-state index contributed by atoms with van der Waals surface area (Å²) >= 11 is 0. The van der Waals surface area contributed by atoms with Gasteiger partial charge in [0.1, 0.15) is 6.61 Å². The maximum absolute atomic E-state index is 12.5. The maximum Gasteiger partial charge on any atom is 0.333 e. The van der Waals surface area contributed by atoms with E-state index in [9.17, 15) is 14.7 Å². The lowest BCUT2D eigenvalue weighted by molar-refractivity contribution is -0.142. The van der Waals surface area contributed by atoms with E-state index in [1.165, 1.54) is 0 Å². The molecule has 1 N–H and O–H groups in total. The summed E-state index contributed by atoms with van der Waals surface area (Å²) in [5.41, 5.74) is 1.76. The zero-order valence-electron chi connectivity index (χ0n) is 22.7. The maximum atomic E-state index is 12.5. The summed E-state index contributed by atoms with van der Waals surface area (Å²) in [7, 11) is 0. The Labute approximate surface area is 225 Å². The van der Waals surface area contributed by atoms with Crippen molar-refractivity contribution in [3.8, 4) is 0 Å².